The molecule has 0 aliphatic rings. The van der Waals surface area contributed by atoms with Gasteiger partial charge in [0, 0.05) is 23.2 Å². The van der Waals surface area contributed by atoms with Gasteiger partial charge in [0.1, 0.15) is 0 Å². The van der Waals surface area contributed by atoms with Crippen molar-refractivity contribution < 1.29 is 5.11 Å². The third-order valence-electron chi connectivity index (χ3n) is 2.48. The molecule has 1 rings (SSSR count). The number of thiophene rings is 1. The van der Waals surface area contributed by atoms with Gasteiger partial charge in [-0.25, -0.2) is 0 Å². The molecular weight excluding hydrogens is 238 g/mol. The van der Waals surface area contributed by atoms with Gasteiger partial charge in [-0.3, -0.25) is 0 Å². The van der Waals surface area contributed by atoms with Gasteiger partial charge in [0.25, 0.3) is 0 Å². The van der Waals surface area contributed by atoms with Crippen LogP contribution in [0.3, 0.4) is 0 Å². The lowest BCUT2D eigenvalue weighted by Crippen LogP contribution is -2.41. The topological polar surface area (TPSA) is 32.3 Å². The summed E-state index contributed by atoms with van der Waals surface area (Å²) in [5, 5.41) is 15.6. The van der Waals surface area contributed by atoms with Gasteiger partial charge < -0.3 is 10.4 Å². The Balaban J connectivity index is 2.46. The summed E-state index contributed by atoms with van der Waals surface area (Å²) in [5.41, 5.74) is -0.621. The normalized spacial score (nSPS) is 17.0. The predicted octanol–water partition coefficient (Wildman–Crippen LogP) is 2.90. The van der Waals surface area contributed by atoms with Crippen molar-refractivity contribution >= 4 is 23.1 Å². The summed E-state index contributed by atoms with van der Waals surface area (Å²) in [6, 6.07) is 4.59. The lowest BCUT2D eigenvalue weighted by Gasteiger charge is -2.25. The molecule has 92 valence electrons. The molecule has 1 aromatic heterocycles. The van der Waals surface area contributed by atoms with E-state index in [1.807, 2.05) is 13.2 Å². The van der Waals surface area contributed by atoms with Gasteiger partial charge in [-0.2, -0.15) is 11.8 Å². The highest BCUT2D eigenvalue weighted by atomic mass is 32.2. The molecule has 0 amide bonds. The average Bonchev–Trinajstić information content (AvgIpc) is 2.72. The molecule has 2 nitrogen and oxygen atoms in total. The molecular formula is C12H21NOS2. The van der Waals surface area contributed by atoms with E-state index in [0.717, 1.165) is 12.2 Å². The van der Waals surface area contributed by atoms with Crippen molar-refractivity contribution in [3.8, 4) is 0 Å². The zero-order chi connectivity index (χ0) is 12.0. The quantitative estimate of drug-likeness (QED) is 0.790. The highest BCUT2D eigenvalue weighted by Crippen LogP contribution is 2.22. The van der Waals surface area contributed by atoms with Crippen molar-refractivity contribution in [1.82, 2.24) is 5.32 Å². The van der Waals surface area contributed by atoms with Crippen LogP contribution in [0, 0.1) is 0 Å². The first kappa shape index (κ1) is 14.0. The third kappa shape index (κ3) is 4.45. The minimum absolute atomic E-state index is 0.369. The Morgan fingerprint density at radius 1 is 1.62 bits per heavy atom. The molecule has 0 bridgehead atoms. The van der Waals surface area contributed by atoms with Crippen LogP contribution in [0.4, 0.5) is 0 Å². The predicted molar refractivity (Wildman–Crippen MR) is 74.4 cm³/mol. The van der Waals surface area contributed by atoms with Crippen LogP contribution < -0.4 is 5.32 Å². The van der Waals surface area contributed by atoms with Gasteiger partial charge in [0.05, 0.1) is 5.60 Å². The third-order valence-corrected chi connectivity index (χ3v) is 4.38. The van der Waals surface area contributed by atoms with Gasteiger partial charge in [-0.1, -0.05) is 13.0 Å². The summed E-state index contributed by atoms with van der Waals surface area (Å²) in [4.78, 5) is 1.35. The summed E-state index contributed by atoms with van der Waals surface area (Å²) < 4.78 is 0. The van der Waals surface area contributed by atoms with Gasteiger partial charge in [-0.05, 0) is 31.0 Å². The van der Waals surface area contributed by atoms with E-state index in [1.165, 1.54) is 4.88 Å². The van der Waals surface area contributed by atoms with E-state index >= 15 is 0 Å². The molecule has 2 N–H and O–H groups in total. The summed E-state index contributed by atoms with van der Waals surface area (Å²) in [5.74, 6) is 0.765. The van der Waals surface area contributed by atoms with Crippen LogP contribution >= 0.6 is 23.1 Å². The summed E-state index contributed by atoms with van der Waals surface area (Å²) in [6.45, 7) is 4.70. The molecule has 1 heterocycles. The van der Waals surface area contributed by atoms with Crippen molar-refractivity contribution in [2.75, 3.05) is 18.6 Å². The Morgan fingerprint density at radius 2 is 2.38 bits per heavy atom. The van der Waals surface area contributed by atoms with Crippen LogP contribution in [0.15, 0.2) is 17.5 Å². The lowest BCUT2D eigenvalue weighted by molar-refractivity contribution is 0.0813. The molecule has 0 saturated heterocycles. The average molecular weight is 259 g/mol. The van der Waals surface area contributed by atoms with E-state index < -0.39 is 5.60 Å². The largest absolute Gasteiger partial charge is 0.388 e. The Labute approximate surface area is 106 Å². The second-order valence-electron chi connectivity index (χ2n) is 4.29. The number of nitrogens with one attached hydrogen (secondary N) is 1. The van der Waals surface area contributed by atoms with E-state index in [2.05, 4.69) is 29.8 Å². The zero-order valence-corrected chi connectivity index (χ0v) is 11.8. The first-order valence-electron chi connectivity index (χ1n) is 5.57. The van der Waals surface area contributed by atoms with E-state index in [1.54, 1.807) is 23.1 Å². The molecule has 0 aliphatic carbocycles. The Hall–Kier alpha value is -0.0300. The molecule has 4 heteroatoms. The molecule has 0 spiro atoms. The molecule has 1 aromatic rings. The number of hydrogen-bond donors (Lipinski definition) is 2. The molecule has 0 aromatic carbocycles. The van der Waals surface area contributed by atoms with E-state index in [-0.39, 0.29) is 0 Å². The molecule has 2 atom stereocenters. The highest BCUT2D eigenvalue weighted by molar-refractivity contribution is 7.98. The van der Waals surface area contributed by atoms with Crippen LogP contribution in [-0.2, 0) is 0 Å². The van der Waals surface area contributed by atoms with Crippen LogP contribution in [-0.4, -0.2) is 29.3 Å². The number of aliphatic hydroxyl groups is 1. The number of thioether (sulfide) groups is 1. The van der Waals surface area contributed by atoms with Gasteiger partial charge in [-0.15, -0.1) is 11.3 Å². The fraction of sp³-hybridized carbons (Fsp3) is 0.667. The van der Waals surface area contributed by atoms with Gasteiger partial charge >= 0.3 is 0 Å². The number of hydrogen-bond acceptors (Lipinski definition) is 4. The minimum Gasteiger partial charge on any atom is -0.388 e. The second-order valence-corrected chi connectivity index (χ2v) is 6.13. The first-order valence-corrected chi connectivity index (χ1v) is 7.84. The maximum atomic E-state index is 10.1. The van der Waals surface area contributed by atoms with Gasteiger partial charge in [0.15, 0.2) is 0 Å². The summed E-state index contributed by atoms with van der Waals surface area (Å²) >= 11 is 3.45. The fourth-order valence-corrected chi connectivity index (χ4v) is 3.25. The SMILES string of the molecule is CCC(NCC(C)(O)CSC)c1cccs1. The Kier molecular flexibility index (Phi) is 5.83. The highest BCUT2D eigenvalue weighted by Gasteiger charge is 2.21. The van der Waals surface area contributed by atoms with Crippen molar-refractivity contribution in [3.63, 3.8) is 0 Å². The van der Waals surface area contributed by atoms with Crippen LogP contribution in [0.25, 0.3) is 0 Å². The maximum Gasteiger partial charge on any atom is 0.0833 e. The van der Waals surface area contributed by atoms with Crippen molar-refractivity contribution in [2.45, 2.75) is 31.9 Å². The summed E-state index contributed by atoms with van der Waals surface area (Å²) in [6.07, 6.45) is 3.07. The van der Waals surface area contributed by atoms with Crippen LogP contribution in [0.1, 0.15) is 31.2 Å². The maximum absolute atomic E-state index is 10.1. The molecule has 0 fully saturated rings. The molecule has 0 radical (unpaired) electrons. The smallest absolute Gasteiger partial charge is 0.0833 e. The van der Waals surface area contributed by atoms with Crippen LogP contribution in [0.5, 0.6) is 0 Å². The van der Waals surface area contributed by atoms with Crippen LogP contribution in [0.2, 0.25) is 0 Å². The number of rotatable bonds is 7. The Morgan fingerprint density at radius 3 is 2.88 bits per heavy atom. The second kappa shape index (κ2) is 6.64. The van der Waals surface area contributed by atoms with E-state index in [9.17, 15) is 5.11 Å². The molecule has 16 heavy (non-hydrogen) atoms. The minimum atomic E-state index is -0.621. The molecule has 2 unspecified atom stereocenters. The molecule has 0 aliphatic heterocycles. The summed E-state index contributed by atoms with van der Waals surface area (Å²) in [7, 11) is 0. The van der Waals surface area contributed by atoms with Crippen molar-refractivity contribution in [3.05, 3.63) is 22.4 Å². The first-order chi connectivity index (χ1) is 7.59. The lowest BCUT2D eigenvalue weighted by atomic mass is 10.1. The van der Waals surface area contributed by atoms with Crippen molar-refractivity contribution in [1.29, 1.82) is 0 Å². The zero-order valence-electron chi connectivity index (χ0n) is 10.2. The van der Waals surface area contributed by atoms with Gasteiger partial charge in [0.2, 0.25) is 0 Å². The van der Waals surface area contributed by atoms with Crippen molar-refractivity contribution in [2.24, 2.45) is 0 Å². The van der Waals surface area contributed by atoms with E-state index in [0.29, 0.717) is 12.6 Å². The standard InChI is InChI=1S/C12H21NOS2/c1-4-10(11-6-5-7-16-11)13-8-12(2,14)9-15-3/h5-7,10,13-14H,4,8-9H2,1-3H3. The Bertz CT molecular complexity index is 285. The molecule has 0 saturated carbocycles. The monoisotopic (exact) mass is 259 g/mol. The fourth-order valence-electron chi connectivity index (χ4n) is 1.64. The van der Waals surface area contributed by atoms with E-state index in [4.69, 9.17) is 0 Å².